The number of amides is 1. The van der Waals surface area contributed by atoms with Crippen molar-refractivity contribution in [2.24, 2.45) is 11.8 Å². The molecule has 0 atom stereocenters. The van der Waals surface area contributed by atoms with Crippen molar-refractivity contribution in [3.05, 3.63) is 62.1 Å². The van der Waals surface area contributed by atoms with E-state index >= 15 is 0 Å². The van der Waals surface area contributed by atoms with Crippen LogP contribution < -0.4 is 10.9 Å². The molecule has 0 aliphatic heterocycles. The highest BCUT2D eigenvalue weighted by Gasteiger charge is 2.23. The van der Waals surface area contributed by atoms with Gasteiger partial charge in [-0.15, -0.1) is 0 Å². The van der Waals surface area contributed by atoms with Gasteiger partial charge in [-0.25, -0.2) is 4.79 Å². The van der Waals surface area contributed by atoms with Gasteiger partial charge in [0.25, 0.3) is 5.56 Å². The van der Waals surface area contributed by atoms with E-state index in [1.807, 2.05) is 36.5 Å². The second kappa shape index (κ2) is 10.4. The minimum Gasteiger partial charge on any atom is -0.444 e. The van der Waals surface area contributed by atoms with Gasteiger partial charge >= 0.3 is 6.09 Å². The maximum absolute atomic E-state index is 12.4. The van der Waals surface area contributed by atoms with Crippen LogP contribution in [0.3, 0.4) is 0 Å². The molecular formula is C21H24BrIN2O3. The molecule has 1 aromatic heterocycles. The van der Waals surface area contributed by atoms with E-state index in [-0.39, 0.29) is 17.9 Å². The summed E-state index contributed by atoms with van der Waals surface area (Å²) in [5.41, 5.74) is 0.973. The molecule has 2 aliphatic rings. The van der Waals surface area contributed by atoms with Crippen LogP contribution in [0, 0.1) is 15.4 Å². The number of anilines is 1. The molecule has 2 aromatic rings. The van der Waals surface area contributed by atoms with Gasteiger partial charge in [0, 0.05) is 21.6 Å². The normalized spacial score (nSPS) is 15.4. The van der Waals surface area contributed by atoms with Gasteiger partial charge < -0.3 is 9.30 Å². The molecule has 150 valence electrons. The van der Waals surface area contributed by atoms with Crippen LogP contribution in [0.5, 0.6) is 0 Å². The lowest BCUT2D eigenvalue weighted by Gasteiger charge is -2.10. The Morgan fingerprint density at radius 2 is 1.86 bits per heavy atom. The minimum absolute atomic E-state index is 0.173. The summed E-state index contributed by atoms with van der Waals surface area (Å²) in [6, 6.07) is 11.1. The number of halogens is 2. The predicted octanol–water partition coefficient (Wildman–Crippen LogP) is 5.40. The summed E-state index contributed by atoms with van der Waals surface area (Å²) < 4.78 is 7.74. The molecular weight excluding hydrogens is 535 g/mol. The van der Waals surface area contributed by atoms with Gasteiger partial charge in [-0.2, -0.15) is 0 Å². The molecule has 0 radical (unpaired) electrons. The molecule has 0 saturated heterocycles. The summed E-state index contributed by atoms with van der Waals surface area (Å²) in [6.07, 6.45) is 6.46. The van der Waals surface area contributed by atoms with Gasteiger partial charge in [0.05, 0.1) is 0 Å². The van der Waals surface area contributed by atoms with Crippen LogP contribution in [0.25, 0.3) is 0 Å². The van der Waals surface area contributed by atoms with E-state index in [2.05, 4.69) is 43.8 Å². The molecule has 0 unspecified atom stereocenters. The van der Waals surface area contributed by atoms with Gasteiger partial charge in [-0.1, -0.05) is 46.3 Å². The Labute approximate surface area is 187 Å². The third-order valence-corrected chi connectivity index (χ3v) is 6.07. The Morgan fingerprint density at radius 3 is 2.43 bits per heavy atom. The number of hydrogen-bond acceptors (Lipinski definition) is 3. The van der Waals surface area contributed by atoms with Crippen LogP contribution in [0.2, 0.25) is 0 Å². The number of pyridine rings is 1. The van der Waals surface area contributed by atoms with E-state index in [1.54, 1.807) is 10.6 Å². The Hall–Kier alpha value is -1.35. The summed E-state index contributed by atoms with van der Waals surface area (Å²) >= 11 is 5.52. The number of carbonyl (C=O) groups excluding carboxylic acids is 1. The number of aromatic nitrogens is 1. The molecule has 1 aromatic carbocycles. The Kier molecular flexibility index (Phi) is 7.96. The van der Waals surface area contributed by atoms with Crippen LogP contribution in [0.1, 0.15) is 31.2 Å². The zero-order chi connectivity index (χ0) is 19.9. The van der Waals surface area contributed by atoms with E-state index in [0.29, 0.717) is 12.5 Å². The first-order chi connectivity index (χ1) is 13.5. The number of alkyl halides is 1. The van der Waals surface area contributed by atoms with Gasteiger partial charge in [-0.3, -0.25) is 10.1 Å². The van der Waals surface area contributed by atoms with E-state index in [1.165, 1.54) is 31.0 Å². The van der Waals surface area contributed by atoms with Crippen molar-refractivity contribution in [3.8, 4) is 0 Å². The van der Waals surface area contributed by atoms with Crippen molar-refractivity contribution >= 4 is 50.3 Å². The topological polar surface area (TPSA) is 60.3 Å². The first-order valence-electron chi connectivity index (χ1n) is 9.49. The summed E-state index contributed by atoms with van der Waals surface area (Å²) in [7, 11) is 0. The highest BCUT2D eigenvalue weighted by Crippen LogP contribution is 2.30. The lowest BCUT2D eigenvalue weighted by Crippen LogP contribution is -2.27. The lowest BCUT2D eigenvalue weighted by molar-refractivity contribution is 0.155. The summed E-state index contributed by atoms with van der Waals surface area (Å²) in [5.74, 6) is 1.64. The van der Waals surface area contributed by atoms with Crippen LogP contribution in [-0.4, -0.2) is 16.0 Å². The standard InChI is InChI=1S/C17H17IN2O3.C4H7Br/c18-14-8-15(16(21)20(10-14)9-12-6-7-12)19-17(22)23-11-13-4-2-1-3-5-13;5-3-4-1-2-4/h1-5,8,10,12H,6-7,9,11H2,(H,19,22);4H,1-3H2. The van der Waals surface area contributed by atoms with Gasteiger partial charge in [0.2, 0.25) is 0 Å². The number of nitrogens with one attached hydrogen (secondary N) is 1. The first kappa shape index (κ1) is 21.4. The number of rotatable bonds is 6. The predicted molar refractivity (Wildman–Crippen MR) is 123 cm³/mol. The number of nitrogens with zero attached hydrogens (tertiary/aromatic N) is 1. The van der Waals surface area contributed by atoms with Crippen LogP contribution in [0.4, 0.5) is 10.5 Å². The molecule has 2 fully saturated rings. The third-order valence-electron chi connectivity index (χ3n) is 4.57. The van der Waals surface area contributed by atoms with Crippen molar-refractivity contribution in [1.29, 1.82) is 0 Å². The molecule has 4 rings (SSSR count). The second-order valence-corrected chi connectivity index (χ2v) is 9.15. The number of carbonyl (C=O) groups is 1. The van der Waals surface area contributed by atoms with E-state index in [4.69, 9.17) is 4.74 Å². The maximum atomic E-state index is 12.4. The molecule has 0 spiro atoms. The lowest BCUT2D eigenvalue weighted by atomic mass is 10.2. The van der Waals surface area contributed by atoms with Crippen LogP contribution in [-0.2, 0) is 17.9 Å². The fraction of sp³-hybridized carbons (Fsp3) is 0.429. The number of benzene rings is 1. The van der Waals surface area contributed by atoms with E-state index in [9.17, 15) is 9.59 Å². The van der Waals surface area contributed by atoms with Gasteiger partial charge in [0.1, 0.15) is 12.3 Å². The Bertz CT molecular complexity index is 848. The fourth-order valence-electron chi connectivity index (χ4n) is 2.54. The molecule has 1 heterocycles. The molecule has 7 heteroatoms. The molecule has 1 N–H and O–H groups in total. The summed E-state index contributed by atoms with van der Waals surface area (Å²) in [4.78, 5) is 24.3. The van der Waals surface area contributed by atoms with Crippen molar-refractivity contribution in [3.63, 3.8) is 0 Å². The average Bonchev–Trinajstić information content (AvgIpc) is 3.60. The average molecular weight is 559 g/mol. The largest absolute Gasteiger partial charge is 0.444 e. The SMILES string of the molecule is BrCC1CC1.O=C(Nc1cc(I)cn(CC2CC2)c1=O)OCc1ccccc1. The maximum Gasteiger partial charge on any atom is 0.412 e. The molecule has 28 heavy (non-hydrogen) atoms. The van der Waals surface area contributed by atoms with Crippen molar-refractivity contribution in [2.45, 2.75) is 38.8 Å². The Balaban J connectivity index is 0.000000391. The zero-order valence-corrected chi connectivity index (χ0v) is 19.3. The highest BCUT2D eigenvalue weighted by atomic mass is 127. The first-order valence-corrected chi connectivity index (χ1v) is 11.7. The molecule has 2 aliphatic carbocycles. The van der Waals surface area contributed by atoms with Gasteiger partial charge in [0.15, 0.2) is 0 Å². The summed E-state index contributed by atoms with van der Waals surface area (Å²) in [5, 5.41) is 3.79. The molecule has 1 amide bonds. The van der Waals surface area contributed by atoms with Crippen LogP contribution in [0.15, 0.2) is 47.4 Å². The minimum atomic E-state index is -0.620. The Morgan fingerprint density at radius 1 is 1.18 bits per heavy atom. The van der Waals surface area contributed by atoms with Crippen molar-refractivity contribution in [2.75, 3.05) is 10.6 Å². The smallest absolute Gasteiger partial charge is 0.412 e. The number of hydrogen-bond donors (Lipinski definition) is 1. The van der Waals surface area contributed by atoms with Gasteiger partial charge in [-0.05, 0) is 71.7 Å². The molecule has 5 nitrogen and oxygen atoms in total. The monoisotopic (exact) mass is 558 g/mol. The van der Waals surface area contributed by atoms with E-state index < -0.39 is 6.09 Å². The summed E-state index contributed by atoms with van der Waals surface area (Å²) in [6.45, 7) is 0.885. The molecule has 2 saturated carbocycles. The second-order valence-electron chi connectivity index (χ2n) is 7.26. The van der Waals surface area contributed by atoms with Crippen molar-refractivity contribution in [1.82, 2.24) is 4.57 Å². The fourth-order valence-corrected chi connectivity index (χ4v) is 3.84. The quantitative estimate of drug-likeness (QED) is 0.381. The molecule has 0 bridgehead atoms. The highest BCUT2D eigenvalue weighted by molar-refractivity contribution is 14.1. The third kappa shape index (κ3) is 7.24. The van der Waals surface area contributed by atoms with Crippen LogP contribution >= 0.6 is 38.5 Å². The van der Waals surface area contributed by atoms with E-state index in [0.717, 1.165) is 15.1 Å². The van der Waals surface area contributed by atoms with Crippen molar-refractivity contribution < 1.29 is 9.53 Å². The number of ether oxygens (including phenoxy) is 1. The zero-order valence-electron chi connectivity index (χ0n) is 15.6.